The van der Waals surface area contributed by atoms with Gasteiger partial charge in [-0.05, 0) is 49.3 Å². The number of likely N-dealkylation sites (tertiary alicyclic amines) is 1. The summed E-state index contributed by atoms with van der Waals surface area (Å²) in [5.41, 5.74) is 2.73. The van der Waals surface area contributed by atoms with E-state index in [-0.39, 0.29) is 35.4 Å². The van der Waals surface area contributed by atoms with E-state index in [2.05, 4.69) is 15.3 Å². The number of carbonyl (C=O) groups is 1. The zero-order valence-electron chi connectivity index (χ0n) is 20.1. The molecular formula is C26H29F2N5O2. The van der Waals surface area contributed by atoms with Gasteiger partial charge in [0.15, 0.2) is 0 Å². The van der Waals surface area contributed by atoms with Crippen molar-refractivity contribution in [1.29, 1.82) is 0 Å². The van der Waals surface area contributed by atoms with Gasteiger partial charge in [0.2, 0.25) is 5.91 Å². The summed E-state index contributed by atoms with van der Waals surface area (Å²) in [6, 6.07) is 6.67. The lowest BCUT2D eigenvalue weighted by Gasteiger charge is -2.31. The van der Waals surface area contributed by atoms with Gasteiger partial charge in [0, 0.05) is 44.6 Å². The van der Waals surface area contributed by atoms with Crippen molar-refractivity contribution in [1.82, 2.24) is 19.4 Å². The summed E-state index contributed by atoms with van der Waals surface area (Å²) < 4.78 is 30.1. The molecule has 1 saturated heterocycles. The van der Waals surface area contributed by atoms with Crippen LogP contribution < -0.4 is 10.9 Å². The van der Waals surface area contributed by atoms with Crippen LogP contribution in [0.2, 0.25) is 0 Å². The van der Waals surface area contributed by atoms with Gasteiger partial charge in [-0.1, -0.05) is 18.2 Å². The number of rotatable bonds is 4. The fourth-order valence-electron chi connectivity index (χ4n) is 5.54. The van der Waals surface area contributed by atoms with E-state index in [0.717, 1.165) is 18.4 Å². The molecule has 1 N–H and O–H groups in total. The number of amides is 1. The average molecular weight is 482 g/mol. The number of carbonyl (C=O) groups excluding carboxylic acids is 1. The number of nitrogens with zero attached hydrogens (tertiary/aromatic N) is 4. The number of halogens is 2. The minimum absolute atomic E-state index is 0.0406. The highest BCUT2D eigenvalue weighted by molar-refractivity contribution is 5.87. The molecule has 2 aromatic heterocycles. The molecule has 0 radical (unpaired) electrons. The first-order chi connectivity index (χ1) is 16.7. The maximum atomic E-state index is 14.3. The lowest BCUT2D eigenvalue weighted by atomic mass is 9.89. The Hall–Kier alpha value is -3.36. The number of alkyl halides is 2. The number of pyridine rings is 1. The van der Waals surface area contributed by atoms with Gasteiger partial charge in [-0.15, -0.1) is 0 Å². The lowest BCUT2D eigenvalue weighted by molar-refractivity contribution is -0.129. The van der Waals surface area contributed by atoms with Crippen molar-refractivity contribution < 1.29 is 13.6 Å². The first-order valence-corrected chi connectivity index (χ1v) is 12.0. The monoisotopic (exact) mass is 481 g/mol. The minimum Gasteiger partial charge on any atom is -0.363 e. The van der Waals surface area contributed by atoms with E-state index in [1.165, 1.54) is 12.4 Å². The Morgan fingerprint density at radius 2 is 1.97 bits per heavy atom. The van der Waals surface area contributed by atoms with Crippen LogP contribution in [0.1, 0.15) is 67.3 Å². The average Bonchev–Trinajstić information content (AvgIpc) is 3.16. The number of hydrogen-bond donors (Lipinski definition) is 1. The fourth-order valence-corrected chi connectivity index (χ4v) is 5.54. The smallest absolute Gasteiger partial charge is 0.273 e. The second kappa shape index (κ2) is 8.70. The Labute approximate surface area is 202 Å². The predicted molar refractivity (Wildman–Crippen MR) is 130 cm³/mol. The van der Waals surface area contributed by atoms with Crippen molar-refractivity contribution in [2.75, 3.05) is 18.4 Å². The third kappa shape index (κ3) is 4.06. The second-order valence-electron chi connectivity index (χ2n) is 9.65. The van der Waals surface area contributed by atoms with Gasteiger partial charge in [0.1, 0.15) is 17.8 Å². The number of aryl methyl sites for hydroxylation is 1. The topological polar surface area (TPSA) is 80.1 Å². The Morgan fingerprint density at radius 3 is 2.69 bits per heavy atom. The largest absolute Gasteiger partial charge is 0.363 e. The molecule has 1 aliphatic carbocycles. The molecule has 7 nitrogen and oxygen atoms in total. The molecule has 0 bridgehead atoms. The molecule has 1 aromatic carbocycles. The number of aromatic nitrogens is 3. The summed E-state index contributed by atoms with van der Waals surface area (Å²) in [6.45, 7) is 4.74. The van der Waals surface area contributed by atoms with Crippen molar-refractivity contribution in [2.45, 2.75) is 57.4 Å². The van der Waals surface area contributed by atoms with Gasteiger partial charge in [-0.2, -0.15) is 0 Å². The Morgan fingerprint density at radius 1 is 1.23 bits per heavy atom. The highest BCUT2D eigenvalue weighted by Gasteiger charge is 2.40. The lowest BCUT2D eigenvalue weighted by Crippen LogP contribution is -2.38. The number of piperidine rings is 1. The van der Waals surface area contributed by atoms with Crippen LogP contribution in [0.15, 0.2) is 35.4 Å². The summed E-state index contributed by atoms with van der Waals surface area (Å²) in [5, 5.41) is 4.10. The standard InChI is InChI=1S/C26H29F2N5O2/c1-15(18-5-4-6-22-19(18)7-10-26(22,27)28)31-23-21-13-20(17-8-11-33(12-9-17)16(2)34)25(35)32(3)24(21)30-14-29-23/h4-6,13-15,17H,7-12H2,1-3H3,(H,29,30,31)/t15-/m1/s1. The van der Waals surface area contributed by atoms with Crippen LogP contribution in [0.3, 0.4) is 0 Å². The third-order valence-corrected chi connectivity index (χ3v) is 7.53. The molecule has 3 aromatic rings. The van der Waals surface area contributed by atoms with Gasteiger partial charge in [-0.25, -0.2) is 18.7 Å². The third-order valence-electron chi connectivity index (χ3n) is 7.53. The van der Waals surface area contributed by atoms with Crippen molar-refractivity contribution in [3.05, 3.63) is 63.2 Å². The van der Waals surface area contributed by atoms with E-state index in [1.807, 2.05) is 24.0 Å². The number of benzene rings is 1. The highest BCUT2D eigenvalue weighted by atomic mass is 19.3. The van der Waals surface area contributed by atoms with Crippen LogP contribution in [-0.2, 0) is 24.2 Å². The van der Waals surface area contributed by atoms with E-state index in [0.29, 0.717) is 47.5 Å². The van der Waals surface area contributed by atoms with E-state index in [1.54, 1.807) is 24.6 Å². The first kappa shape index (κ1) is 23.4. The van der Waals surface area contributed by atoms with Gasteiger partial charge in [0.25, 0.3) is 11.5 Å². The van der Waals surface area contributed by atoms with E-state index in [9.17, 15) is 18.4 Å². The Balaban J connectivity index is 1.50. The zero-order chi connectivity index (χ0) is 24.9. The van der Waals surface area contributed by atoms with Crippen LogP contribution in [-0.4, -0.2) is 38.4 Å². The SMILES string of the molecule is CC(=O)N1CCC(c2cc3c(N[C@H](C)c4cccc5c4CCC5(F)F)ncnc3n(C)c2=O)CC1. The van der Waals surface area contributed by atoms with Crippen molar-refractivity contribution in [3.8, 4) is 0 Å². The van der Waals surface area contributed by atoms with E-state index >= 15 is 0 Å². The molecule has 9 heteroatoms. The van der Waals surface area contributed by atoms with Gasteiger partial charge < -0.3 is 10.2 Å². The van der Waals surface area contributed by atoms with Gasteiger partial charge >= 0.3 is 0 Å². The molecule has 2 aliphatic rings. The second-order valence-corrected chi connectivity index (χ2v) is 9.65. The quantitative estimate of drug-likeness (QED) is 0.602. The maximum Gasteiger partial charge on any atom is 0.273 e. The molecular weight excluding hydrogens is 452 g/mol. The molecule has 1 aliphatic heterocycles. The number of hydrogen-bond acceptors (Lipinski definition) is 5. The summed E-state index contributed by atoms with van der Waals surface area (Å²) in [7, 11) is 1.70. The molecule has 3 heterocycles. The van der Waals surface area contributed by atoms with Crippen LogP contribution in [0.4, 0.5) is 14.6 Å². The van der Waals surface area contributed by atoms with E-state index < -0.39 is 5.92 Å². The van der Waals surface area contributed by atoms with Crippen LogP contribution in [0.25, 0.3) is 11.0 Å². The molecule has 5 rings (SSSR count). The van der Waals surface area contributed by atoms with Gasteiger partial charge in [0.05, 0.1) is 11.4 Å². The van der Waals surface area contributed by atoms with Crippen LogP contribution in [0.5, 0.6) is 0 Å². The molecule has 184 valence electrons. The van der Waals surface area contributed by atoms with Crippen LogP contribution >= 0.6 is 0 Å². The fraction of sp³-hybridized carbons (Fsp3) is 0.462. The van der Waals surface area contributed by atoms with Crippen molar-refractivity contribution in [3.63, 3.8) is 0 Å². The number of fused-ring (bicyclic) bond motifs is 2. The van der Waals surface area contributed by atoms with Crippen molar-refractivity contribution in [2.24, 2.45) is 7.05 Å². The minimum atomic E-state index is -2.79. The predicted octanol–water partition coefficient (Wildman–Crippen LogP) is 4.27. The normalized spacial score (nSPS) is 18.5. The molecule has 0 spiro atoms. The molecule has 1 fully saturated rings. The molecule has 0 unspecified atom stereocenters. The zero-order valence-corrected chi connectivity index (χ0v) is 20.1. The summed E-state index contributed by atoms with van der Waals surface area (Å²) >= 11 is 0. The van der Waals surface area contributed by atoms with Crippen LogP contribution in [0, 0.1) is 0 Å². The maximum absolute atomic E-state index is 14.3. The highest BCUT2D eigenvalue weighted by Crippen LogP contribution is 2.44. The summed E-state index contributed by atoms with van der Waals surface area (Å²) in [6.07, 6.45) is 3.02. The molecule has 1 amide bonds. The van der Waals surface area contributed by atoms with E-state index in [4.69, 9.17) is 0 Å². The molecule has 0 saturated carbocycles. The Kier molecular flexibility index (Phi) is 5.81. The number of nitrogens with one attached hydrogen (secondary N) is 1. The molecule has 35 heavy (non-hydrogen) atoms. The van der Waals surface area contributed by atoms with Gasteiger partial charge in [-0.3, -0.25) is 14.2 Å². The Bertz CT molecular complexity index is 1360. The first-order valence-electron chi connectivity index (χ1n) is 12.0. The van der Waals surface area contributed by atoms with Crippen molar-refractivity contribution >= 4 is 22.8 Å². The summed E-state index contributed by atoms with van der Waals surface area (Å²) in [4.78, 5) is 35.5. The number of anilines is 1. The molecule has 1 atom stereocenters. The summed E-state index contributed by atoms with van der Waals surface area (Å²) in [5.74, 6) is -2.15.